The summed E-state index contributed by atoms with van der Waals surface area (Å²) in [4.78, 5) is 0. The smallest absolute Gasteiger partial charge is 0.0651 e. The summed E-state index contributed by atoms with van der Waals surface area (Å²) in [7, 11) is -0.486. The van der Waals surface area contributed by atoms with Crippen LogP contribution >= 0.6 is 7.92 Å². The van der Waals surface area contributed by atoms with Gasteiger partial charge in [-0.25, -0.2) is 0 Å². The van der Waals surface area contributed by atoms with Crippen molar-refractivity contribution >= 4 is 13.6 Å². The lowest BCUT2D eigenvalue weighted by molar-refractivity contribution is 0.823. The van der Waals surface area contributed by atoms with E-state index in [9.17, 15) is 0 Å². The summed E-state index contributed by atoms with van der Waals surface area (Å²) in [6, 6.07) is 6.66. The highest BCUT2D eigenvalue weighted by Crippen LogP contribution is 2.48. The molecule has 1 nitrogen and oxygen atoms in total. The van der Waals surface area contributed by atoms with Crippen LogP contribution in [0.25, 0.3) is 5.70 Å². The van der Waals surface area contributed by atoms with Crippen molar-refractivity contribution in [3.8, 4) is 0 Å². The van der Waals surface area contributed by atoms with Crippen LogP contribution in [-0.2, 0) is 0 Å². The van der Waals surface area contributed by atoms with Gasteiger partial charge in [-0.3, -0.25) is 0 Å². The summed E-state index contributed by atoms with van der Waals surface area (Å²) in [6.45, 7) is 18.0. The summed E-state index contributed by atoms with van der Waals surface area (Å²) < 4.78 is 8.88. The summed E-state index contributed by atoms with van der Waals surface area (Å²) in [5, 5.41) is 3.63. The van der Waals surface area contributed by atoms with Gasteiger partial charge in [0.1, 0.15) is 0 Å². The highest BCUT2D eigenvalue weighted by molar-refractivity contribution is 7.62. The van der Waals surface area contributed by atoms with Crippen LogP contribution in [-0.4, -0.2) is 11.3 Å². The normalized spacial score (nSPS) is 17.3. The maximum absolute atomic E-state index is 8.88. The number of nitrogens with one attached hydrogen (secondary N) is 1. The van der Waals surface area contributed by atoms with Gasteiger partial charge < -0.3 is 5.32 Å². The fourth-order valence-corrected chi connectivity index (χ4v) is 5.65. The Hall–Kier alpha value is -1.33. The average molecular weight is 371 g/mol. The van der Waals surface area contributed by atoms with Crippen LogP contribution in [0, 0.1) is 0 Å². The van der Waals surface area contributed by atoms with E-state index < -0.39 is 7.92 Å². The van der Waals surface area contributed by atoms with E-state index in [0.717, 1.165) is 17.2 Å². The Morgan fingerprint density at radius 1 is 0.923 bits per heavy atom. The maximum atomic E-state index is 8.88. The number of hydrogen-bond donors (Lipinski definition) is 1. The molecule has 0 bridgehead atoms. The highest BCUT2D eigenvalue weighted by Gasteiger charge is 2.20. The summed E-state index contributed by atoms with van der Waals surface area (Å²) in [5.74, 6) is 1.70. The van der Waals surface area contributed by atoms with E-state index in [0.29, 0.717) is 23.2 Å². The molecule has 26 heavy (non-hydrogen) atoms. The molecule has 142 valence electrons. The van der Waals surface area contributed by atoms with Gasteiger partial charge in [0.2, 0.25) is 0 Å². The molecule has 0 unspecified atom stereocenters. The third-order valence-corrected chi connectivity index (χ3v) is 7.52. The van der Waals surface area contributed by atoms with E-state index in [2.05, 4.69) is 97.1 Å². The van der Waals surface area contributed by atoms with Gasteiger partial charge in [-0.15, -0.1) is 0 Å². The number of dihydropyridines is 1. The molecule has 1 aromatic rings. The van der Waals surface area contributed by atoms with Crippen molar-refractivity contribution in [1.29, 1.82) is 0 Å². The van der Waals surface area contributed by atoms with Crippen LogP contribution in [0.1, 0.15) is 85.3 Å². The highest BCUT2D eigenvalue weighted by atomic mass is 31.1. The van der Waals surface area contributed by atoms with Gasteiger partial charge in [0, 0.05) is 17.0 Å². The predicted molar refractivity (Wildman–Crippen MR) is 120 cm³/mol. The molecule has 2 rings (SSSR count). The van der Waals surface area contributed by atoms with Gasteiger partial charge in [-0.1, -0.05) is 87.6 Å². The molecule has 1 N–H and O–H groups in total. The molecule has 0 fully saturated rings. The Balaban J connectivity index is 2.53. The van der Waals surface area contributed by atoms with Gasteiger partial charge in [-0.2, -0.15) is 0 Å². The summed E-state index contributed by atoms with van der Waals surface area (Å²) >= 11 is 0. The lowest BCUT2D eigenvalue weighted by Gasteiger charge is -2.27. The summed E-state index contributed by atoms with van der Waals surface area (Å²) in [5.41, 5.74) is 7.18. The van der Waals surface area contributed by atoms with Gasteiger partial charge in [0.05, 0.1) is 1.37 Å². The zero-order valence-corrected chi connectivity index (χ0v) is 18.6. The van der Waals surface area contributed by atoms with Crippen LogP contribution in [0.15, 0.2) is 47.9 Å². The Morgan fingerprint density at radius 2 is 1.46 bits per heavy atom. The second-order valence-corrected chi connectivity index (χ2v) is 11.4. The molecule has 0 atom stereocenters. The van der Waals surface area contributed by atoms with Crippen molar-refractivity contribution in [1.82, 2.24) is 5.32 Å². The fourth-order valence-electron chi connectivity index (χ4n) is 3.54. The van der Waals surface area contributed by atoms with Crippen LogP contribution in [0.2, 0.25) is 0 Å². The standard InChI is InChI=1S/C24H36NP/c1-16(2)21-12-10-13-22(17(3)4)24(21)23-14-9-11-20(25-23)15-26(18(5)6)19(7)8/h9-19,25H,1-8H3/i15D. The van der Waals surface area contributed by atoms with Crippen molar-refractivity contribution < 1.29 is 1.37 Å². The lowest BCUT2D eigenvalue weighted by atomic mass is 9.86. The van der Waals surface area contributed by atoms with Crippen LogP contribution in [0.4, 0.5) is 0 Å². The Kier molecular flexibility index (Phi) is 6.76. The quantitative estimate of drug-likeness (QED) is 0.509. The van der Waals surface area contributed by atoms with Gasteiger partial charge in [0.25, 0.3) is 0 Å². The van der Waals surface area contributed by atoms with E-state index >= 15 is 0 Å². The lowest BCUT2D eigenvalue weighted by Crippen LogP contribution is -2.17. The third-order valence-electron chi connectivity index (χ3n) is 4.80. The molecule has 1 aliphatic rings. The topological polar surface area (TPSA) is 12.0 Å². The van der Waals surface area contributed by atoms with Crippen molar-refractivity contribution in [2.45, 2.75) is 78.5 Å². The second-order valence-electron chi connectivity index (χ2n) is 8.31. The zero-order chi connectivity index (χ0) is 20.3. The van der Waals surface area contributed by atoms with Crippen molar-refractivity contribution in [2.75, 3.05) is 0 Å². The molecule has 0 aromatic heterocycles. The molecule has 2 heteroatoms. The average Bonchev–Trinajstić information content (AvgIpc) is 2.60. The van der Waals surface area contributed by atoms with Gasteiger partial charge in [-0.05, 0) is 52.2 Å². The minimum absolute atomic E-state index is 0.457. The van der Waals surface area contributed by atoms with E-state index in [-0.39, 0.29) is 0 Å². The number of benzene rings is 1. The molecule has 0 radical (unpaired) electrons. The number of allylic oxidation sites excluding steroid dienone is 3. The second kappa shape index (κ2) is 9.05. The van der Waals surface area contributed by atoms with E-state index in [1.165, 1.54) is 16.7 Å². The molecule has 0 amide bonds. The first-order valence-corrected chi connectivity index (χ1v) is 11.4. The van der Waals surface area contributed by atoms with Crippen LogP contribution in [0.5, 0.6) is 0 Å². The van der Waals surface area contributed by atoms with Gasteiger partial charge in [0.15, 0.2) is 0 Å². The van der Waals surface area contributed by atoms with E-state index in [1.807, 2.05) is 0 Å². The van der Waals surface area contributed by atoms with E-state index in [4.69, 9.17) is 1.37 Å². The van der Waals surface area contributed by atoms with Crippen molar-refractivity contribution in [3.05, 3.63) is 64.6 Å². The Labute approximate surface area is 163 Å². The fraction of sp³-hybridized carbons (Fsp3) is 0.500. The molecule has 0 spiro atoms. The Bertz CT molecular complexity index is 719. The monoisotopic (exact) mass is 370 g/mol. The largest absolute Gasteiger partial charge is 0.355 e. The Morgan fingerprint density at radius 3 is 1.92 bits per heavy atom. The zero-order valence-electron chi connectivity index (χ0n) is 18.7. The molecule has 0 saturated carbocycles. The molecule has 0 saturated heterocycles. The molecular weight excluding hydrogens is 333 g/mol. The first-order chi connectivity index (χ1) is 12.6. The molecular formula is C24H36NP. The first-order valence-electron chi connectivity index (χ1n) is 10.4. The van der Waals surface area contributed by atoms with Crippen molar-refractivity contribution in [2.24, 2.45) is 0 Å². The minimum atomic E-state index is -0.486. The summed E-state index contributed by atoms with van der Waals surface area (Å²) in [6.07, 6.45) is 6.33. The predicted octanol–water partition coefficient (Wildman–Crippen LogP) is 7.57. The molecule has 0 aliphatic carbocycles. The van der Waals surface area contributed by atoms with Crippen LogP contribution < -0.4 is 5.32 Å². The number of rotatable bonds is 6. The SMILES string of the molecule is [2H]C(=C1C=CC=C(c2c(C(C)C)cccc2C(C)C)N1)P(C(C)C)C(C)C. The van der Waals surface area contributed by atoms with E-state index in [1.54, 1.807) is 0 Å². The molecule has 1 heterocycles. The molecule has 1 aromatic carbocycles. The molecule has 1 aliphatic heterocycles. The van der Waals surface area contributed by atoms with Gasteiger partial charge >= 0.3 is 0 Å². The third kappa shape index (κ3) is 4.89. The number of hydrogen-bond acceptors (Lipinski definition) is 1. The van der Waals surface area contributed by atoms with Crippen molar-refractivity contribution in [3.63, 3.8) is 0 Å². The minimum Gasteiger partial charge on any atom is -0.355 e. The first kappa shape index (κ1) is 19.4. The van der Waals surface area contributed by atoms with Crippen LogP contribution in [0.3, 0.4) is 0 Å². The maximum Gasteiger partial charge on any atom is 0.0651 e.